The maximum atomic E-state index is 11.3. The van der Waals surface area contributed by atoms with Gasteiger partial charge in [0.05, 0.1) is 11.8 Å². The summed E-state index contributed by atoms with van der Waals surface area (Å²) in [6.45, 7) is 0. The van der Waals surface area contributed by atoms with Gasteiger partial charge in [-0.05, 0) is 33.9 Å². The molecule has 0 saturated heterocycles. The SMILES string of the molecule is CNC(=O)CSc1nonc1/C(=N\O)NC1Cc2c(Br)cccc21. The summed E-state index contributed by atoms with van der Waals surface area (Å²) in [6, 6.07) is 5.97. The van der Waals surface area contributed by atoms with E-state index in [1.807, 2.05) is 18.2 Å². The summed E-state index contributed by atoms with van der Waals surface area (Å²) in [5, 5.41) is 26.2. The van der Waals surface area contributed by atoms with Crippen LogP contribution in [0.15, 0.2) is 37.5 Å². The molecule has 1 aromatic carbocycles. The molecule has 126 valence electrons. The van der Waals surface area contributed by atoms with Crippen LogP contribution in [0, 0.1) is 0 Å². The number of hydrogen-bond acceptors (Lipinski definition) is 7. The van der Waals surface area contributed by atoms with Crippen molar-refractivity contribution in [1.29, 1.82) is 0 Å². The molecule has 1 aliphatic rings. The summed E-state index contributed by atoms with van der Waals surface area (Å²) in [5.74, 6) is 0.170. The van der Waals surface area contributed by atoms with Gasteiger partial charge < -0.3 is 15.8 Å². The molecule has 0 saturated carbocycles. The highest BCUT2D eigenvalue weighted by molar-refractivity contribution is 9.10. The third kappa shape index (κ3) is 3.24. The van der Waals surface area contributed by atoms with Crippen molar-refractivity contribution in [2.75, 3.05) is 12.8 Å². The zero-order chi connectivity index (χ0) is 17.1. The predicted octanol–water partition coefficient (Wildman–Crippen LogP) is 1.69. The lowest BCUT2D eigenvalue weighted by atomic mass is 9.83. The summed E-state index contributed by atoms with van der Waals surface area (Å²) in [4.78, 5) is 11.3. The van der Waals surface area contributed by atoms with Crippen LogP contribution in [-0.4, -0.2) is 40.1 Å². The molecule has 1 heterocycles. The van der Waals surface area contributed by atoms with E-state index in [1.54, 1.807) is 7.05 Å². The number of halogens is 1. The van der Waals surface area contributed by atoms with Gasteiger partial charge >= 0.3 is 0 Å². The van der Waals surface area contributed by atoms with Gasteiger partial charge in [-0.3, -0.25) is 4.79 Å². The first kappa shape index (κ1) is 16.8. The van der Waals surface area contributed by atoms with Crippen LogP contribution < -0.4 is 10.6 Å². The van der Waals surface area contributed by atoms with Crippen LogP contribution in [0.2, 0.25) is 0 Å². The van der Waals surface area contributed by atoms with E-state index in [-0.39, 0.29) is 29.2 Å². The van der Waals surface area contributed by atoms with Crippen LogP contribution in [0.25, 0.3) is 0 Å². The number of nitrogens with one attached hydrogen (secondary N) is 2. The average molecular weight is 412 g/mol. The largest absolute Gasteiger partial charge is 0.409 e. The lowest BCUT2D eigenvalue weighted by Gasteiger charge is -2.32. The maximum Gasteiger partial charge on any atom is 0.230 e. The first-order valence-electron chi connectivity index (χ1n) is 7.06. The smallest absolute Gasteiger partial charge is 0.230 e. The van der Waals surface area contributed by atoms with Crippen LogP contribution >= 0.6 is 27.7 Å². The molecular formula is C14H14BrN5O3S. The van der Waals surface area contributed by atoms with Crippen LogP contribution in [-0.2, 0) is 11.2 Å². The molecule has 3 N–H and O–H groups in total. The first-order valence-corrected chi connectivity index (χ1v) is 8.84. The number of nitrogens with zero attached hydrogens (tertiary/aromatic N) is 3. The number of aromatic nitrogens is 2. The van der Waals surface area contributed by atoms with Crippen LogP contribution in [0.5, 0.6) is 0 Å². The number of carbonyl (C=O) groups is 1. The predicted molar refractivity (Wildman–Crippen MR) is 91.1 cm³/mol. The Labute approximate surface area is 150 Å². The number of carbonyl (C=O) groups excluding carboxylic acids is 1. The van der Waals surface area contributed by atoms with E-state index in [1.165, 1.54) is 5.56 Å². The molecule has 0 aliphatic heterocycles. The fraction of sp³-hybridized carbons (Fsp3) is 0.286. The first-order chi connectivity index (χ1) is 11.6. The Morgan fingerprint density at radius 2 is 2.38 bits per heavy atom. The molecule has 1 amide bonds. The minimum atomic E-state index is -0.151. The van der Waals surface area contributed by atoms with E-state index in [9.17, 15) is 10.0 Å². The molecule has 24 heavy (non-hydrogen) atoms. The summed E-state index contributed by atoms with van der Waals surface area (Å²) >= 11 is 4.67. The highest BCUT2D eigenvalue weighted by atomic mass is 79.9. The summed E-state index contributed by atoms with van der Waals surface area (Å²) in [5.41, 5.74) is 2.62. The van der Waals surface area contributed by atoms with Crippen LogP contribution in [0.1, 0.15) is 22.9 Å². The Morgan fingerprint density at radius 1 is 1.54 bits per heavy atom. The van der Waals surface area contributed by atoms with E-state index < -0.39 is 0 Å². The summed E-state index contributed by atoms with van der Waals surface area (Å²) in [7, 11) is 1.55. The lowest BCUT2D eigenvalue weighted by molar-refractivity contribution is -0.118. The molecule has 3 rings (SSSR count). The molecule has 1 atom stereocenters. The summed E-state index contributed by atoms with van der Waals surface area (Å²) in [6.07, 6.45) is 0.793. The summed E-state index contributed by atoms with van der Waals surface area (Å²) < 4.78 is 5.78. The van der Waals surface area contributed by atoms with Crippen molar-refractivity contribution in [2.24, 2.45) is 5.16 Å². The van der Waals surface area contributed by atoms with Crippen LogP contribution in [0.3, 0.4) is 0 Å². The van der Waals surface area contributed by atoms with Crippen molar-refractivity contribution in [3.05, 3.63) is 39.5 Å². The number of benzene rings is 1. The number of fused-ring (bicyclic) bond motifs is 1. The molecule has 10 heteroatoms. The highest BCUT2D eigenvalue weighted by Gasteiger charge is 2.30. The Kier molecular flexibility index (Phi) is 5.05. The van der Waals surface area contributed by atoms with Gasteiger partial charge in [-0.1, -0.05) is 45.0 Å². The molecule has 0 fully saturated rings. The van der Waals surface area contributed by atoms with E-state index in [0.29, 0.717) is 5.03 Å². The van der Waals surface area contributed by atoms with Crippen molar-refractivity contribution < 1.29 is 14.6 Å². The monoisotopic (exact) mass is 411 g/mol. The third-order valence-corrected chi connectivity index (χ3v) is 5.34. The fourth-order valence-electron chi connectivity index (χ4n) is 2.36. The van der Waals surface area contributed by atoms with Crippen molar-refractivity contribution >= 4 is 39.4 Å². The van der Waals surface area contributed by atoms with Gasteiger partial charge in [0.25, 0.3) is 0 Å². The lowest BCUT2D eigenvalue weighted by Crippen LogP contribution is -2.37. The van der Waals surface area contributed by atoms with E-state index in [2.05, 4.69) is 42.0 Å². The molecule has 1 aromatic heterocycles. The van der Waals surface area contributed by atoms with E-state index in [0.717, 1.165) is 28.2 Å². The second-order valence-corrected chi connectivity index (χ2v) is 6.86. The zero-order valence-electron chi connectivity index (χ0n) is 12.6. The van der Waals surface area contributed by atoms with Crippen molar-refractivity contribution in [3.63, 3.8) is 0 Å². The molecule has 2 aromatic rings. The number of thioether (sulfide) groups is 1. The fourth-order valence-corrected chi connectivity index (χ4v) is 3.68. The van der Waals surface area contributed by atoms with Crippen molar-refractivity contribution in [3.8, 4) is 0 Å². The van der Waals surface area contributed by atoms with Crippen molar-refractivity contribution in [2.45, 2.75) is 17.5 Å². The second kappa shape index (κ2) is 7.22. The Bertz CT molecular complexity index is 794. The van der Waals surface area contributed by atoms with Crippen LogP contribution in [0.4, 0.5) is 0 Å². The topological polar surface area (TPSA) is 113 Å². The maximum absolute atomic E-state index is 11.3. The molecule has 1 unspecified atom stereocenters. The Balaban J connectivity index is 1.72. The van der Waals surface area contributed by atoms with Gasteiger partial charge in [0, 0.05) is 11.5 Å². The molecule has 8 nitrogen and oxygen atoms in total. The minimum absolute atomic E-state index is 0.0110. The standard InChI is InChI=1S/C14H14BrN5O3S/c1-16-11(21)6-24-14-12(19-23-20-14)13(18-22)17-10-5-8-7(10)3-2-4-9(8)15/h2-4,10,22H,5-6H2,1H3,(H,16,21)(H,17,18). The molecule has 0 spiro atoms. The Hall–Kier alpha value is -2.07. The Morgan fingerprint density at radius 3 is 3.12 bits per heavy atom. The number of oxime groups is 1. The molecule has 1 aliphatic carbocycles. The second-order valence-electron chi connectivity index (χ2n) is 5.04. The third-order valence-electron chi connectivity index (χ3n) is 3.65. The molecule has 0 radical (unpaired) electrons. The van der Waals surface area contributed by atoms with Gasteiger partial charge in [-0.2, -0.15) is 0 Å². The number of amidine groups is 1. The average Bonchev–Trinajstić information content (AvgIpc) is 3.03. The van der Waals surface area contributed by atoms with Gasteiger partial charge in [0.2, 0.25) is 5.91 Å². The van der Waals surface area contributed by atoms with Gasteiger partial charge in [0.15, 0.2) is 16.6 Å². The zero-order valence-corrected chi connectivity index (χ0v) is 15.0. The van der Waals surface area contributed by atoms with Gasteiger partial charge in [-0.25, -0.2) is 4.63 Å². The van der Waals surface area contributed by atoms with Gasteiger partial charge in [-0.15, -0.1) is 0 Å². The number of hydrogen-bond donors (Lipinski definition) is 3. The normalized spacial score (nSPS) is 16.2. The molecular weight excluding hydrogens is 398 g/mol. The minimum Gasteiger partial charge on any atom is -0.409 e. The number of amides is 1. The molecule has 0 bridgehead atoms. The quantitative estimate of drug-likeness (QED) is 0.225. The van der Waals surface area contributed by atoms with E-state index in [4.69, 9.17) is 4.63 Å². The highest BCUT2D eigenvalue weighted by Crippen LogP contribution is 2.38. The van der Waals surface area contributed by atoms with E-state index >= 15 is 0 Å². The number of rotatable bonds is 5. The van der Waals surface area contributed by atoms with Gasteiger partial charge in [0.1, 0.15) is 0 Å². The van der Waals surface area contributed by atoms with Crippen molar-refractivity contribution in [1.82, 2.24) is 20.9 Å².